The maximum atomic E-state index is 12.3. The van der Waals surface area contributed by atoms with E-state index in [4.69, 9.17) is 0 Å². The average Bonchev–Trinajstić information content (AvgIpc) is 2.65. The van der Waals surface area contributed by atoms with Gasteiger partial charge in [0.2, 0.25) is 5.91 Å². The molecule has 6 heteroatoms. The van der Waals surface area contributed by atoms with Crippen LogP contribution >= 0.6 is 0 Å². The van der Waals surface area contributed by atoms with Gasteiger partial charge in [-0.25, -0.2) is 8.78 Å². The van der Waals surface area contributed by atoms with E-state index in [2.05, 4.69) is 10.6 Å². The van der Waals surface area contributed by atoms with Crippen LogP contribution in [0.15, 0.2) is 18.2 Å². The third-order valence-corrected chi connectivity index (χ3v) is 3.13. The Hall–Kier alpha value is -1.69. The van der Waals surface area contributed by atoms with Crippen molar-refractivity contribution in [1.29, 1.82) is 0 Å². The first-order valence-electron chi connectivity index (χ1n) is 6.20. The Bertz CT molecular complexity index is 479. The first-order chi connectivity index (χ1) is 9.02. The third kappa shape index (κ3) is 2.84. The molecule has 2 N–H and O–H groups in total. The zero-order valence-electron chi connectivity index (χ0n) is 10.9. The van der Waals surface area contributed by atoms with E-state index in [1.165, 1.54) is 4.90 Å². The molecule has 0 aliphatic carbocycles. The standard InChI is InChI=1S/C13H17F2N3O/c1-3-16-12-9-5-4-8(18(2)7-11(14)15)6-10(9)17-13(12)19/h4-6,11-12,16H,3,7H2,1-2H3,(H,17,19). The number of halogens is 2. The fourth-order valence-corrected chi connectivity index (χ4v) is 2.21. The second-order valence-electron chi connectivity index (χ2n) is 4.52. The number of hydrogen-bond acceptors (Lipinski definition) is 3. The summed E-state index contributed by atoms with van der Waals surface area (Å²) in [5.74, 6) is -0.106. The van der Waals surface area contributed by atoms with Crippen molar-refractivity contribution in [2.24, 2.45) is 0 Å². The predicted molar refractivity (Wildman–Crippen MR) is 70.8 cm³/mol. The molecule has 1 aliphatic heterocycles. The Morgan fingerprint density at radius 2 is 2.21 bits per heavy atom. The van der Waals surface area contributed by atoms with Gasteiger partial charge in [0.25, 0.3) is 6.43 Å². The van der Waals surface area contributed by atoms with Crippen molar-refractivity contribution >= 4 is 17.3 Å². The van der Waals surface area contributed by atoms with Crippen LogP contribution < -0.4 is 15.5 Å². The number of rotatable bonds is 5. The SMILES string of the molecule is CCNC1C(=O)Nc2cc(N(C)CC(F)F)ccc21. The molecular formula is C13H17F2N3O. The zero-order valence-corrected chi connectivity index (χ0v) is 10.9. The highest BCUT2D eigenvalue weighted by molar-refractivity contribution is 6.03. The summed E-state index contributed by atoms with van der Waals surface area (Å²) in [6, 6.07) is 4.94. The van der Waals surface area contributed by atoms with Gasteiger partial charge in [-0.3, -0.25) is 4.79 Å². The van der Waals surface area contributed by atoms with Gasteiger partial charge < -0.3 is 15.5 Å². The second kappa shape index (κ2) is 5.52. The monoisotopic (exact) mass is 269 g/mol. The minimum Gasteiger partial charge on any atom is -0.369 e. The molecule has 1 heterocycles. The van der Waals surface area contributed by atoms with Crippen molar-refractivity contribution < 1.29 is 13.6 Å². The van der Waals surface area contributed by atoms with Crippen LogP contribution in [0, 0.1) is 0 Å². The molecule has 19 heavy (non-hydrogen) atoms. The van der Waals surface area contributed by atoms with Gasteiger partial charge in [0.1, 0.15) is 6.04 Å². The Labute approximate surface area is 110 Å². The smallest absolute Gasteiger partial charge is 0.255 e. The van der Waals surface area contributed by atoms with E-state index in [1.807, 2.05) is 6.92 Å². The van der Waals surface area contributed by atoms with Gasteiger partial charge in [-0.2, -0.15) is 0 Å². The highest BCUT2D eigenvalue weighted by atomic mass is 19.3. The normalized spacial score (nSPS) is 17.5. The lowest BCUT2D eigenvalue weighted by Gasteiger charge is -2.19. The van der Waals surface area contributed by atoms with Gasteiger partial charge in [0.05, 0.1) is 6.54 Å². The molecule has 2 rings (SSSR count). The first-order valence-corrected chi connectivity index (χ1v) is 6.20. The van der Waals surface area contributed by atoms with Crippen LogP contribution in [0.25, 0.3) is 0 Å². The van der Waals surface area contributed by atoms with Crippen LogP contribution in [0.2, 0.25) is 0 Å². The van der Waals surface area contributed by atoms with E-state index >= 15 is 0 Å². The molecule has 1 aromatic rings. The summed E-state index contributed by atoms with van der Waals surface area (Å²) >= 11 is 0. The van der Waals surface area contributed by atoms with Gasteiger partial charge in [0, 0.05) is 24.0 Å². The molecule has 1 aliphatic rings. The maximum absolute atomic E-state index is 12.3. The number of likely N-dealkylation sites (N-methyl/N-ethyl adjacent to an activating group) is 1. The Balaban J connectivity index is 2.22. The molecule has 0 saturated carbocycles. The highest BCUT2D eigenvalue weighted by Gasteiger charge is 2.29. The van der Waals surface area contributed by atoms with E-state index in [0.29, 0.717) is 17.9 Å². The largest absolute Gasteiger partial charge is 0.369 e. The molecule has 104 valence electrons. The maximum Gasteiger partial charge on any atom is 0.255 e. The number of nitrogens with one attached hydrogen (secondary N) is 2. The quantitative estimate of drug-likeness (QED) is 0.859. The number of amides is 1. The van der Waals surface area contributed by atoms with E-state index in [1.54, 1.807) is 25.2 Å². The molecule has 1 amide bonds. The lowest BCUT2D eigenvalue weighted by atomic mass is 10.1. The highest BCUT2D eigenvalue weighted by Crippen LogP contribution is 2.33. The van der Waals surface area contributed by atoms with E-state index in [0.717, 1.165) is 5.56 Å². The topological polar surface area (TPSA) is 44.4 Å². The molecule has 1 aromatic carbocycles. The Morgan fingerprint density at radius 3 is 2.84 bits per heavy atom. The summed E-state index contributed by atoms with van der Waals surface area (Å²) in [5.41, 5.74) is 2.21. The third-order valence-electron chi connectivity index (χ3n) is 3.13. The zero-order chi connectivity index (χ0) is 14.0. The molecule has 0 saturated heterocycles. The van der Waals surface area contributed by atoms with Crippen molar-refractivity contribution in [1.82, 2.24) is 5.32 Å². The van der Waals surface area contributed by atoms with Crippen molar-refractivity contribution in [2.45, 2.75) is 19.4 Å². The molecule has 0 aromatic heterocycles. The lowest BCUT2D eigenvalue weighted by molar-refractivity contribution is -0.117. The first kappa shape index (κ1) is 13.7. The summed E-state index contributed by atoms with van der Waals surface area (Å²) in [4.78, 5) is 13.2. The van der Waals surface area contributed by atoms with Crippen LogP contribution in [-0.4, -0.2) is 32.5 Å². The molecule has 4 nitrogen and oxygen atoms in total. The number of fused-ring (bicyclic) bond motifs is 1. The van der Waals surface area contributed by atoms with Crippen molar-refractivity contribution in [3.63, 3.8) is 0 Å². The van der Waals surface area contributed by atoms with Gasteiger partial charge in [-0.05, 0) is 18.7 Å². The minimum absolute atomic E-state index is 0.106. The molecule has 0 bridgehead atoms. The number of benzene rings is 1. The number of nitrogens with zero attached hydrogens (tertiary/aromatic N) is 1. The molecule has 0 fully saturated rings. The van der Waals surface area contributed by atoms with Gasteiger partial charge in [-0.15, -0.1) is 0 Å². The molecule has 1 unspecified atom stereocenters. The van der Waals surface area contributed by atoms with Crippen LogP contribution in [0.1, 0.15) is 18.5 Å². The average molecular weight is 269 g/mol. The summed E-state index contributed by atoms with van der Waals surface area (Å²) in [6.45, 7) is 2.28. The van der Waals surface area contributed by atoms with Crippen LogP contribution in [0.5, 0.6) is 0 Å². The summed E-state index contributed by atoms with van der Waals surface area (Å²) in [7, 11) is 1.60. The summed E-state index contributed by atoms with van der Waals surface area (Å²) in [5, 5.41) is 5.85. The van der Waals surface area contributed by atoms with E-state index < -0.39 is 6.43 Å². The number of alkyl halides is 2. The lowest BCUT2D eigenvalue weighted by Crippen LogP contribution is -2.27. The fraction of sp³-hybridized carbons (Fsp3) is 0.462. The molecule has 0 radical (unpaired) electrons. The van der Waals surface area contributed by atoms with Crippen LogP contribution in [0.4, 0.5) is 20.2 Å². The fourth-order valence-electron chi connectivity index (χ4n) is 2.21. The van der Waals surface area contributed by atoms with E-state index in [-0.39, 0.29) is 18.5 Å². The number of hydrogen-bond donors (Lipinski definition) is 2. The van der Waals surface area contributed by atoms with Crippen molar-refractivity contribution in [2.75, 3.05) is 30.4 Å². The van der Waals surface area contributed by atoms with Crippen LogP contribution in [-0.2, 0) is 4.79 Å². The van der Waals surface area contributed by atoms with Crippen LogP contribution in [0.3, 0.4) is 0 Å². The second-order valence-corrected chi connectivity index (χ2v) is 4.52. The van der Waals surface area contributed by atoms with Gasteiger partial charge in [0.15, 0.2) is 0 Å². The molecule has 1 atom stereocenters. The Morgan fingerprint density at radius 1 is 1.47 bits per heavy atom. The van der Waals surface area contributed by atoms with Gasteiger partial charge in [-0.1, -0.05) is 13.0 Å². The minimum atomic E-state index is -2.39. The molecular weight excluding hydrogens is 252 g/mol. The van der Waals surface area contributed by atoms with Crippen molar-refractivity contribution in [3.8, 4) is 0 Å². The van der Waals surface area contributed by atoms with Gasteiger partial charge >= 0.3 is 0 Å². The number of anilines is 2. The summed E-state index contributed by atoms with van der Waals surface area (Å²) < 4.78 is 24.7. The van der Waals surface area contributed by atoms with E-state index in [9.17, 15) is 13.6 Å². The van der Waals surface area contributed by atoms with Crippen molar-refractivity contribution in [3.05, 3.63) is 23.8 Å². The number of carbonyl (C=O) groups excluding carboxylic acids is 1. The number of carbonyl (C=O) groups is 1. The molecule has 0 spiro atoms. The Kier molecular flexibility index (Phi) is 3.99. The summed E-state index contributed by atoms with van der Waals surface area (Å²) in [6.07, 6.45) is -2.39. The predicted octanol–water partition coefficient (Wildman–Crippen LogP) is 1.99.